The maximum absolute atomic E-state index is 14.0. The Kier molecular flexibility index (Phi) is 5.81. The third-order valence-corrected chi connectivity index (χ3v) is 6.93. The molecule has 0 spiro atoms. The van der Waals surface area contributed by atoms with Crippen LogP contribution in [0.4, 0.5) is 15.8 Å². The molecule has 2 N–H and O–H groups in total. The van der Waals surface area contributed by atoms with Crippen LogP contribution in [0.15, 0.2) is 70.0 Å². The van der Waals surface area contributed by atoms with Crippen molar-refractivity contribution in [1.82, 2.24) is 0 Å². The van der Waals surface area contributed by atoms with Crippen molar-refractivity contribution in [3.8, 4) is 11.5 Å². The lowest BCUT2D eigenvalue weighted by Gasteiger charge is -2.12. The lowest BCUT2D eigenvalue weighted by atomic mass is 10.1. The number of aryl methyl sites for hydroxylation is 1. The first-order valence-electron chi connectivity index (χ1n) is 10.8. The second kappa shape index (κ2) is 8.95. The van der Waals surface area contributed by atoms with Gasteiger partial charge in [0.25, 0.3) is 15.9 Å². The molecule has 0 aliphatic carbocycles. The highest BCUT2D eigenvalue weighted by atomic mass is 32.2. The maximum Gasteiger partial charge on any atom is 0.291 e. The molecule has 2 heterocycles. The number of rotatable bonds is 5. The molecular formula is C25H21FN2O6S. The van der Waals surface area contributed by atoms with Gasteiger partial charge in [0, 0.05) is 34.8 Å². The highest BCUT2D eigenvalue weighted by Gasteiger charge is 2.21. The summed E-state index contributed by atoms with van der Waals surface area (Å²) in [5.41, 5.74) is 1.26. The monoisotopic (exact) mass is 496 g/mol. The average Bonchev–Trinajstić information content (AvgIpc) is 3.01. The molecule has 1 aromatic heterocycles. The van der Waals surface area contributed by atoms with E-state index >= 15 is 0 Å². The Bertz CT molecular complexity index is 1530. The number of amides is 1. The van der Waals surface area contributed by atoms with Gasteiger partial charge in [0.2, 0.25) is 0 Å². The minimum atomic E-state index is -3.89. The standard InChI is InChI=1S/C25H21FN2O6S/c1-15-19-4-2-5-20(26)24(19)34-23(15)25(29)27-16-6-8-17(9-7-16)28-35(30,31)18-10-11-21-22(14-18)33-13-3-12-32-21/h2,4-11,14,28H,3,12-13H2,1H3,(H,27,29). The van der Waals surface area contributed by atoms with Gasteiger partial charge in [-0.1, -0.05) is 12.1 Å². The highest BCUT2D eigenvalue weighted by molar-refractivity contribution is 7.92. The van der Waals surface area contributed by atoms with Crippen LogP contribution in [0.3, 0.4) is 0 Å². The van der Waals surface area contributed by atoms with Gasteiger partial charge in [-0.05, 0) is 49.4 Å². The molecule has 0 saturated heterocycles. The molecule has 3 aromatic carbocycles. The molecule has 8 nitrogen and oxygen atoms in total. The Morgan fingerprint density at radius 2 is 1.66 bits per heavy atom. The molecule has 4 aromatic rings. The summed E-state index contributed by atoms with van der Waals surface area (Å²) in [6.45, 7) is 2.63. The Hall–Kier alpha value is -4.05. The van der Waals surface area contributed by atoms with Crippen LogP contribution in [0.5, 0.6) is 11.5 Å². The number of hydrogen-bond donors (Lipinski definition) is 2. The molecule has 1 aliphatic rings. The minimum absolute atomic E-state index is 0.00397. The summed E-state index contributed by atoms with van der Waals surface area (Å²) in [5.74, 6) is -0.203. The second-order valence-corrected chi connectivity index (χ2v) is 9.65. The van der Waals surface area contributed by atoms with E-state index in [1.165, 1.54) is 30.3 Å². The molecule has 0 fully saturated rings. The molecule has 0 radical (unpaired) electrons. The molecule has 0 atom stereocenters. The zero-order valence-electron chi connectivity index (χ0n) is 18.6. The van der Waals surface area contributed by atoms with Gasteiger partial charge in [-0.15, -0.1) is 0 Å². The first kappa shape index (κ1) is 22.7. The van der Waals surface area contributed by atoms with Crippen LogP contribution in [0.2, 0.25) is 0 Å². The third-order valence-electron chi connectivity index (χ3n) is 5.55. The van der Waals surface area contributed by atoms with Crippen LogP contribution in [-0.2, 0) is 10.0 Å². The minimum Gasteiger partial charge on any atom is -0.490 e. The lowest BCUT2D eigenvalue weighted by molar-refractivity contribution is 0.0997. The molecule has 10 heteroatoms. The van der Waals surface area contributed by atoms with Crippen molar-refractivity contribution < 1.29 is 31.5 Å². The number of para-hydroxylation sites is 1. The van der Waals surface area contributed by atoms with Gasteiger partial charge >= 0.3 is 0 Å². The molecule has 0 unspecified atom stereocenters. The number of nitrogens with one attached hydrogen (secondary N) is 2. The molecular weight excluding hydrogens is 475 g/mol. The van der Waals surface area contributed by atoms with Gasteiger partial charge in [0.1, 0.15) is 0 Å². The van der Waals surface area contributed by atoms with Crippen LogP contribution in [-0.4, -0.2) is 27.5 Å². The summed E-state index contributed by atoms with van der Waals surface area (Å²) in [5, 5.41) is 3.20. The predicted octanol–water partition coefficient (Wildman–Crippen LogP) is 5.09. The molecule has 35 heavy (non-hydrogen) atoms. The van der Waals surface area contributed by atoms with Crippen molar-refractivity contribution in [3.05, 3.63) is 77.8 Å². The molecule has 0 bridgehead atoms. The molecule has 1 amide bonds. The fraction of sp³-hybridized carbons (Fsp3) is 0.160. The Labute approximate surface area is 200 Å². The van der Waals surface area contributed by atoms with E-state index in [0.717, 1.165) is 0 Å². The number of carbonyl (C=O) groups is 1. The van der Waals surface area contributed by atoms with Crippen molar-refractivity contribution in [2.75, 3.05) is 23.3 Å². The van der Waals surface area contributed by atoms with Gasteiger partial charge in [0.15, 0.2) is 28.7 Å². The largest absolute Gasteiger partial charge is 0.490 e. The molecule has 0 saturated carbocycles. The fourth-order valence-corrected chi connectivity index (χ4v) is 4.83. The quantitative estimate of drug-likeness (QED) is 0.398. The van der Waals surface area contributed by atoms with Crippen LogP contribution in [0.25, 0.3) is 11.0 Å². The van der Waals surface area contributed by atoms with Crippen LogP contribution < -0.4 is 19.5 Å². The number of benzene rings is 3. The lowest BCUT2D eigenvalue weighted by Crippen LogP contribution is -2.14. The zero-order valence-corrected chi connectivity index (χ0v) is 19.4. The van der Waals surface area contributed by atoms with Crippen molar-refractivity contribution in [3.63, 3.8) is 0 Å². The predicted molar refractivity (Wildman–Crippen MR) is 128 cm³/mol. The molecule has 1 aliphatic heterocycles. The first-order valence-corrected chi connectivity index (χ1v) is 12.3. The van der Waals surface area contributed by atoms with Crippen LogP contribution >= 0.6 is 0 Å². The SMILES string of the molecule is Cc1c(C(=O)Nc2ccc(NS(=O)(=O)c3ccc4c(c3)OCCCO4)cc2)oc2c(F)cccc12. The van der Waals surface area contributed by atoms with Crippen molar-refractivity contribution in [2.24, 2.45) is 0 Å². The van der Waals surface area contributed by atoms with E-state index in [9.17, 15) is 17.6 Å². The Morgan fingerprint density at radius 3 is 2.40 bits per heavy atom. The number of furan rings is 1. The maximum atomic E-state index is 14.0. The number of halogens is 1. The number of anilines is 2. The summed E-state index contributed by atoms with van der Waals surface area (Å²) in [4.78, 5) is 12.7. The normalized spacial score (nSPS) is 13.3. The summed E-state index contributed by atoms with van der Waals surface area (Å²) in [6, 6.07) is 15.1. The van der Waals surface area contributed by atoms with E-state index in [1.54, 1.807) is 37.3 Å². The van der Waals surface area contributed by atoms with Crippen molar-refractivity contribution in [1.29, 1.82) is 0 Å². The van der Waals surface area contributed by atoms with Gasteiger partial charge in [0.05, 0.1) is 18.1 Å². The van der Waals surface area contributed by atoms with E-state index in [-0.39, 0.29) is 16.2 Å². The van der Waals surface area contributed by atoms with Gasteiger partial charge in [-0.2, -0.15) is 0 Å². The second-order valence-electron chi connectivity index (χ2n) is 7.97. The fourth-order valence-electron chi connectivity index (χ4n) is 3.76. The van der Waals surface area contributed by atoms with E-state index in [0.29, 0.717) is 53.5 Å². The van der Waals surface area contributed by atoms with E-state index in [2.05, 4.69) is 10.0 Å². The summed E-state index contributed by atoms with van der Waals surface area (Å²) < 4.78 is 58.8. The summed E-state index contributed by atoms with van der Waals surface area (Å²) >= 11 is 0. The van der Waals surface area contributed by atoms with Gasteiger partial charge < -0.3 is 19.2 Å². The van der Waals surface area contributed by atoms with E-state index in [1.807, 2.05) is 0 Å². The molecule has 5 rings (SSSR count). The number of carbonyl (C=O) groups excluding carboxylic acids is 1. The Balaban J connectivity index is 1.30. The summed E-state index contributed by atoms with van der Waals surface area (Å²) in [6.07, 6.45) is 0.713. The number of ether oxygens (including phenoxy) is 2. The first-order chi connectivity index (χ1) is 16.8. The third kappa shape index (κ3) is 4.52. The average molecular weight is 497 g/mol. The zero-order chi connectivity index (χ0) is 24.6. The molecule has 180 valence electrons. The number of fused-ring (bicyclic) bond motifs is 2. The van der Waals surface area contributed by atoms with Gasteiger partial charge in [-0.3, -0.25) is 9.52 Å². The van der Waals surface area contributed by atoms with Gasteiger partial charge in [-0.25, -0.2) is 12.8 Å². The Morgan fingerprint density at radius 1 is 0.943 bits per heavy atom. The van der Waals surface area contributed by atoms with Crippen LogP contribution in [0, 0.1) is 12.7 Å². The van der Waals surface area contributed by atoms with Crippen molar-refractivity contribution >= 4 is 38.3 Å². The summed E-state index contributed by atoms with van der Waals surface area (Å²) in [7, 11) is -3.89. The van der Waals surface area contributed by atoms with Crippen LogP contribution in [0.1, 0.15) is 22.5 Å². The smallest absolute Gasteiger partial charge is 0.291 e. The highest BCUT2D eigenvalue weighted by Crippen LogP contribution is 2.33. The topological polar surface area (TPSA) is 107 Å². The number of sulfonamides is 1. The van der Waals surface area contributed by atoms with Crippen molar-refractivity contribution in [2.45, 2.75) is 18.2 Å². The van der Waals surface area contributed by atoms with E-state index in [4.69, 9.17) is 13.9 Å². The van der Waals surface area contributed by atoms with E-state index < -0.39 is 21.7 Å². The number of hydrogen-bond acceptors (Lipinski definition) is 6.